The molecule has 1 nitrogen and oxygen atoms in total. The summed E-state index contributed by atoms with van der Waals surface area (Å²) in [7, 11) is 0. The van der Waals surface area contributed by atoms with Gasteiger partial charge in [0.15, 0.2) is 0 Å². The molecule has 9 aromatic rings. The molecular weight excluding hydrogens is 663 g/mol. The monoisotopic (exact) mass is 701 g/mol. The zero-order chi connectivity index (χ0) is 36.8. The Morgan fingerprint density at radius 1 is 0.182 bits per heavy atom. The molecule has 0 fully saturated rings. The molecule has 0 unspecified atom stereocenters. The van der Waals surface area contributed by atoms with Crippen molar-refractivity contribution in [2.24, 2.45) is 0 Å². The highest BCUT2D eigenvalue weighted by molar-refractivity contribution is 5.90. The van der Waals surface area contributed by atoms with Crippen molar-refractivity contribution in [3.8, 4) is 66.8 Å². The third-order valence-electron chi connectivity index (χ3n) is 10.3. The second-order valence-corrected chi connectivity index (χ2v) is 13.8. The quantitative estimate of drug-likeness (QED) is 0.145. The maximum Gasteiger partial charge on any atom is 0.0468 e. The molecule has 260 valence electrons. The van der Waals surface area contributed by atoms with E-state index >= 15 is 0 Å². The van der Waals surface area contributed by atoms with E-state index in [0.717, 1.165) is 17.1 Å². The van der Waals surface area contributed by atoms with Crippen molar-refractivity contribution in [1.82, 2.24) is 0 Å². The van der Waals surface area contributed by atoms with Crippen LogP contribution in [0.15, 0.2) is 237 Å². The van der Waals surface area contributed by atoms with E-state index < -0.39 is 0 Å². The molecule has 0 spiro atoms. The maximum atomic E-state index is 2.37. The first-order valence-electron chi connectivity index (χ1n) is 18.8. The van der Waals surface area contributed by atoms with E-state index in [4.69, 9.17) is 0 Å². The molecule has 55 heavy (non-hydrogen) atoms. The van der Waals surface area contributed by atoms with Crippen LogP contribution < -0.4 is 4.90 Å². The molecule has 0 saturated heterocycles. The number of hydrogen-bond acceptors (Lipinski definition) is 1. The van der Waals surface area contributed by atoms with Gasteiger partial charge in [-0.2, -0.15) is 0 Å². The van der Waals surface area contributed by atoms with Crippen LogP contribution in [0.3, 0.4) is 0 Å². The normalized spacial score (nSPS) is 10.9. The van der Waals surface area contributed by atoms with Crippen LogP contribution in [0.1, 0.15) is 0 Å². The predicted molar refractivity (Wildman–Crippen MR) is 234 cm³/mol. The van der Waals surface area contributed by atoms with Crippen molar-refractivity contribution in [3.05, 3.63) is 237 Å². The Kier molecular flexibility index (Phi) is 9.41. The van der Waals surface area contributed by atoms with Crippen LogP contribution in [0, 0.1) is 0 Å². The molecule has 0 aliphatic carbocycles. The molecule has 0 amide bonds. The highest BCUT2D eigenvalue weighted by Gasteiger charge is 2.17. The lowest BCUT2D eigenvalue weighted by Gasteiger charge is -2.27. The summed E-state index contributed by atoms with van der Waals surface area (Å²) in [5.41, 5.74) is 17.6. The van der Waals surface area contributed by atoms with Gasteiger partial charge in [-0.15, -0.1) is 0 Å². The summed E-state index contributed by atoms with van der Waals surface area (Å²) in [6.45, 7) is 0. The molecule has 0 atom stereocenters. The molecule has 0 radical (unpaired) electrons. The Hall–Kier alpha value is -7.22. The minimum atomic E-state index is 1.09. The van der Waals surface area contributed by atoms with E-state index in [0.29, 0.717) is 0 Å². The summed E-state index contributed by atoms with van der Waals surface area (Å²) in [5, 5.41) is 0. The average Bonchev–Trinajstić information content (AvgIpc) is 3.28. The minimum Gasteiger partial charge on any atom is -0.310 e. The Morgan fingerprint density at radius 3 is 0.982 bits per heavy atom. The summed E-state index contributed by atoms with van der Waals surface area (Å²) in [6, 6.07) is 85.0. The second-order valence-electron chi connectivity index (χ2n) is 13.8. The molecule has 9 rings (SSSR count). The SMILES string of the molecule is c1ccc(-c2ccc(N(c3ccc(-c4cccc(-c5ccccc5)c4)cc3)c3ccc(-c4cccc(-c5ccccc5)c4)c(-c4ccccc4)c3)cc2)cc1. The molecular formula is C54H39N. The van der Waals surface area contributed by atoms with Crippen LogP contribution in [0.5, 0.6) is 0 Å². The summed E-state index contributed by atoms with van der Waals surface area (Å²) >= 11 is 0. The van der Waals surface area contributed by atoms with Crippen molar-refractivity contribution in [2.45, 2.75) is 0 Å². The summed E-state index contributed by atoms with van der Waals surface area (Å²) in [6.07, 6.45) is 0. The fourth-order valence-corrected chi connectivity index (χ4v) is 7.47. The van der Waals surface area contributed by atoms with Crippen LogP contribution in [0.2, 0.25) is 0 Å². The molecule has 0 aromatic heterocycles. The summed E-state index contributed by atoms with van der Waals surface area (Å²) in [5.74, 6) is 0. The third kappa shape index (κ3) is 7.25. The van der Waals surface area contributed by atoms with E-state index in [2.05, 4.69) is 241 Å². The van der Waals surface area contributed by atoms with Crippen molar-refractivity contribution in [2.75, 3.05) is 4.90 Å². The number of nitrogens with zero attached hydrogens (tertiary/aromatic N) is 1. The fourth-order valence-electron chi connectivity index (χ4n) is 7.47. The van der Waals surface area contributed by atoms with E-state index in [-0.39, 0.29) is 0 Å². The zero-order valence-corrected chi connectivity index (χ0v) is 30.5. The first kappa shape index (κ1) is 33.6. The topological polar surface area (TPSA) is 3.24 Å². The van der Waals surface area contributed by atoms with Gasteiger partial charge < -0.3 is 4.90 Å². The molecule has 0 bridgehead atoms. The van der Waals surface area contributed by atoms with Gasteiger partial charge in [-0.3, -0.25) is 0 Å². The van der Waals surface area contributed by atoms with Crippen LogP contribution in [0.4, 0.5) is 17.1 Å². The lowest BCUT2D eigenvalue weighted by atomic mass is 9.92. The lowest BCUT2D eigenvalue weighted by Crippen LogP contribution is -2.10. The molecule has 0 aliphatic heterocycles. The number of anilines is 3. The van der Waals surface area contributed by atoms with Crippen molar-refractivity contribution >= 4 is 17.1 Å². The standard InChI is InChI=1S/C54H39N/c1-5-15-40(16-6-1)43-27-31-50(32-28-43)55(51-33-29-44(30-34-51)47-24-13-23-46(37-47)41-17-7-2-8-18-41)52-35-36-53(54(39-52)45-21-11-4-12-22-45)49-26-14-25-48(38-49)42-19-9-3-10-20-42/h1-39H. The van der Waals surface area contributed by atoms with Gasteiger partial charge in [0.25, 0.3) is 0 Å². The first-order chi connectivity index (χ1) is 27.3. The van der Waals surface area contributed by atoms with E-state index in [9.17, 15) is 0 Å². The largest absolute Gasteiger partial charge is 0.310 e. The van der Waals surface area contributed by atoms with E-state index in [1.807, 2.05) is 0 Å². The van der Waals surface area contributed by atoms with Crippen LogP contribution in [-0.2, 0) is 0 Å². The van der Waals surface area contributed by atoms with Gasteiger partial charge >= 0.3 is 0 Å². The Labute approximate surface area is 324 Å². The van der Waals surface area contributed by atoms with Gasteiger partial charge in [0.2, 0.25) is 0 Å². The molecule has 9 aromatic carbocycles. The first-order valence-corrected chi connectivity index (χ1v) is 18.8. The van der Waals surface area contributed by atoms with Gasteiger partial charge in [0.05, 0.1) is 0 Å². The van der Waals surface area contributed by atoms with Gasteiger partial charge in [-0.05, 0) is 115 Å². The van der Waals surface area contributed by atoms with Gasteiger partial charge in [-0.1, -0.05) is 188 Å². The highest BCUT2D eigenvalue weighted by Crippen LogP contribution is 2.42. The number of benzene rings is 9. The summed E-state index contributed by atoms with van der Waals surface area (Å²) < 4.78 is 0. The van der Waals surface area contributed by atoms with Crippen molar-refractivity contribution < 1.29 is 0 Å². The molecule has 1 heteroatoms. The zero-order valence-electron chi connectivity index (χ0n) is 30.5. The smallest absolute Gasteiger partial charge is 0.0468 e. The molecule has 0 aliphatic rings. The Bertz CT molecular complexity index is 2650. The molecule has 0 N–H and O–H groups in total. The maximum absolute atomic E-state index is 2.37. The Balaban J connectivity index is 1.15. The van der Waals surface area contributed by atoms with Crippen molar-refractivity contribution in [1.29, 1.82) is 0 Å². The summed E-state index contributed by atoms with van der Waals surface area (Å²) in [4.78, 5) is 2.37. The lowest BCUT2D eigenvalue weighted by molar-refractivity contribution is 1.28. The fraction of sp³-hybridized carbons (Fsp3) is 0. The van der Waals surface area contributed by atoms with E-state index in [1.54, 1.807) is 0 Å². The third-order valence-corrected chi connectivity index (χ3v) is 10.3. The average molecular weight is 702 g/mol. The van der Waals surface area contributed by atoms with E-state index in [1.165, 1.54) is 66.8 Å². The van der Waals surface area contributed by atoms with Gasteiger partial charge in [-0.25, -0.2) is 0 Å². The number of rotatable bonds is 9. The van der Waals surface area contributed by atoms with Crippen LogP contribution in [-0.4, -0.2) is 0 Å². The van der Waals surface area contributed by atoms with Gasteiger partial charge in [0, 0.05) is 17.1 Å². The second kappa shape index (κ2) is 15.4. The highest BCUT2D eigenvalue weighted by atomic mass is 15.1. The van der Waals surface area contributed by atoms with Crippen LogP contribution in [0.25, 0.3) is 66.8 Å². The van der Waals surface area contributed by atoms with Gasteiger partial charge in [0.1, 0.15) is 0 Å². The molecule has 0 saturated carbocycles. The number of hydrogen-bond donors (Lipinski definition) is 0. The Morgan fingerprint density at radius 2 is 0.509 bits per heavy atom. The van der Waals surface area contributed by atoms with Crippen molar-refractivity contribution in [3.63, 3.8) is 0 Å². The van der Waals surface area contributed by atoms with Crippen LogP contribution >= 0.6 is 0 Å². The predicted octanol–water partition coefficient (Wildman–Crippen LogP) is 15.2. The molecule has 0 heterocycles. The minimum absolute atomic E-state index is 1.09.